The van der Waals surface area contributed by atoms with Gasteiger partial charge in [-0.2, -0.15) is 0 Å². The molecule has 2 aliphatic rings. The number of carboxylic acid groups (broad SMARTS) is 1. The summed E-state index contributed by atoms with van der Waals surface area (Å²) >= 11 is 0. The van der Waals surface area contributed by atoms with Crippen LogP contribution >= 0.6 is 0 Å². The fraction of sp³-hybridized carbons (Fsp3) is 0.889. The summed E-state index contributed by atoms with van der Waals surface area (Å²) in [5.41, 5.74) is 3.72. The fourth-order valence-electron chi connectivity index (χ4n) is 4.41. The van der Waals surface area contributed by atoms with Crippen LogP contribution in [0.15, 0.2) is 0 Å². The van der Waals surface area contributed by atoms with Gasteiger partial charge in [-0.25, -0.2) is 4.79 Å². The minimum Gasteiger partial charge on any atom is -0.481 e. The first-order chi connectivity index (χ1) is 11.1. The van der Waals surface area contributed by atoms with Crippen LogP contribution in [-0.2, 0) is 9.53 Å². The molecule has 0 heterocycles. The summed E-state index contributed by atoms with van der Waals surface area (Å²) in [6.45, 7) is 5.44. The van der Waals surface area contributed by atoms with Crippen molar-refractivity contribution in [2.45, 2.75) is 95.7 Å². The molecule has 0 spiro atoms. The molecule has 0 aromatic carbocycles. The minimum absolute atomic E-state index is 0.0552. The van der Waals surface area contributed by atoms with Crippen LogP contribution in [0.4, 0.5) is 4.79 Å². The van der Waals surface area contributed by atoms with Crippen molar-refractivity contribution in [3.63, 3.8) is 0 Å². The molecule has 0 bridgehead atoms. The first kappa shape index (κ1) is 19.0. The lowest BCUT2D eigenvalue weighted by Gasteiger charge is -2.52. The maximum absolute atomic E-state index is 12.5. The topological polar surface area (TPSA) is 102 Å². The Balaban J connectivity index is 2.31. The molecule has 0 unspecified atom stereocenters. The Kier molecular flexibility index (Phi) is 5.47. The van der Waals surface area contributed by atoms with Crippen LogP contribution in [-0.4, -0.2) is 34.4 Å². The second-order valence-corrected chi connectivity index (χ2v) is 8.49. The van der Waals surface area contributed by atoms with E-state index in [9.17, 15) is 14.7 Å². The summed E-state index contributed by atoms with van der Waals surface area (Å²) < 4.78 is 5.43. The summed E-state index contributed by atoms with van der Waals surface area (Å²) in [6.07, 6.45) is 6.19. The average Bonchev–Trinajstić information content (AvgIpc) is 2.46. The summed E-state index contributed by atoms with van der Waals surface area (Å²) in [7, 11) is 0. The molecule has 1 amide bonds. The zero-order valence-corrected chi connectivity index (χ0v) is 15.2. The highest BCUT2D eigenvalue weighted by Crippen LogP contribution is 2.51. The maximum atomic E-state index is 12.5. The first-order valence-electron chi connectivity index (χ1n) is 9.10. The lowest BCUT2D eigenvalue weighted by Crippen LogP contribution is -2.65. The molecule has 138 valence electrons. The van der Waals surface area contributed by atoms with E-state index < -0.39 is 28.6 Å². The van der Waals surface area contributed by atoms with Crippen LogP contribution in [0.2, 0.25) is 0 Å². The Hall–Kier alpha value is -1.30. The second kappa shape index (κ2) is 6.90. The Bertz CT molecular complexity index is 470. The minimum atomic E-state index is -0.944. The number of rotatable bonds is 3. The van der Waals surface area contributed by atoms with Gasteiger partial charge in [0.25, 0.3) is 0 Å². The lowest BCUT2D eigenvalue weighted by molar-refractivity contribution is -0.160. The third-order valence-electron chi connectivity index (χ3n) is 5.66. The summed E-state index contributed by atoms with van der Waals surface area (Å²) in [5, 5.41) is 13.1. The molecule has 2 aliphatic carbocycles. The molecule has 6 heteroatoms. The normalized spacial score (nSPS) is 30.4. The van der Waals surface area contributed by atoms with Crippen LogP contribution in [0, 0.1) is 5.41 Å². The van der Waals surface area contributed by atoms with Crippen molar-refractivity contribution < 1.29 is 19.4 Å². The van der Waals surface area contributed by atoms with E-state index in [4.69, 9.17) is 10.5 Å². The molecule has 4 N–H and O–H groups in total. The summed E-state index contributed by atoms with van der Waals surface area (Å²) in [5.74, 6) is -0.813. The largest absolute Gasteiger partial charge is 0.481 e. The van der Waals surface area contributed by atoms with Gasteiger partial charge in [0.05, 0.1) is 11.0 Å². The second-order valence-electron chi connectivity index (χ2n) is 8.49. The van der Waals surface area contributed by atoms with Gasteiger partial charge in [-0.1, -0.05) is 19.3 Å². The highest BCUT2D eigenvalue weighted by Gasteiger charge is 2.58. The molecule has 2 fully saturated rings. The predicted molar refractivity (Wildman–Crippen MR) is 91.7 cm³/mol. The number of carboxylic acids is 1. The fourth-order valence-corrected chi connectivity index (χ4v) is 4.41. The smallest absolute Gasteiger partial charge is 0.408 e. The highest BCUT2D eigenvalue weighted by molar-refractivity contribution is 5.79. The van der Waals surface area contributed by atoms with Gasteiger partial charge in [0.2, 0.25) is 0 Å². The monoisotopic (exact) mass is 340 g/mol. The van der Waals surface area contributed by atoms with E-state index >= 15 is 0 Å². The first-order valence-corrected chi connectivity index (χ1v) is 9.10. The maximum Gasteiger partial charge on any atom is 0.408 e. The van der Waals surface area contributed by atoms with Gasteiger partial charge in [-0.3, -0.25) is 4.79 Å². The van der Waals surface area contributed by atoms with E-state index in [1.807, 2.05) is 20.8 Å². The highest BCUT2D eigenvalue weighted by atomic mass is 16.6. The van der Waals surface area contributed by atoms with E-state index in [2.05, 4.69) is 5.32 Å². The molecule has 0 saturated heterocycles. The number of aliphatic carboxylic acids is 1. The molecule has 0 aromatic rings. The van der Waals surface area contributed by atoms with Crippen molar-refractivity contribution in [2.75, 3.05) is 0 Å². The van der Waals surface area contributed by atoms with Gasteiger partial charge in [0.1, 0.15) is 5.60 Å². The summed E-state index contributed by atoms with van der Waals surface area (Å²) in [6, 6.07) is 0.0552. The number of hydrogen-bond donors (Lipinski definition) is 3. The molecule has 0 aliphatic heterocycles. The van der Waals surface area contributed by atoms with Gasteiger partial charge in [0, 0.05) is 6.04 Å². The molecule has 2 rings (SSSR count). The zero-order valence-electron chi connectivity index (χ0n) is 15.2. The number of ether oxygens (including phenoxy) is 1. The van der Waals surface area contributed by atoms with Crippen LogP contribution in [0.5, 0.6) is 0 Å². The number of carbonyl (C=O) groups excluding carboxylic acids is 1. The number of nitrogens with two attached hydrogens (primary N) is 1. The van der Waals surface area contributed by atoms with Crippen molar-refractivity contribution in [2.24, 2.45) is 11.1 Å². The Morgan fingerprint density at radius 1 is 1.08 bits per heavy atom. The molecular weight excluding hydrogens is 308 g/mol. The van der Waals surface area contributed by atoms with E-state index in [-0.39, 0.29) is 6.04 Å². The van der Waals surface area contributed by atoms with Gasteiger partial charge >= 0.3 is 12.1 Å². The van der Waals surface area contributed by atoms with Crippen LogP contribution in [0.3, 0.4) is 0 Å². The standard InChI is InChI=1S/C18H32N2O4/c1-16(2,3)24-15(23)20-18(9-5-4-6-10-18)17(14(21)22)11-7-13(19)8-12-17/h13H,4-12,19H2,1-3H3,(H,20,23)(H,21,22). The SMILES string of the molecule is CC(C)(C)OC(=O)NC1(C2(C(=O)O)CCC(N)CC2)CCCCC1. The van der Waals surface area contributed by atoms with Crippen LogP contribution in [0.1, 0.15) is 78.6 Å². The molecule has 0 atom stereocenters. The van der Waals surface area contributed by atoms with E-state index in [1.165, 1.54) is 0 Å². The Morgan fingerprint density at radius 2 is 1.62 bits per heavy atom. The van der Waals surface area contributed by atoms with Crippen molar-refractivity contribution in [3.8, 4) is 0 Å². The molecule has 6 nitrogen and oxygen atoms in total. The van der Waals surface area contributed by atoms with Gasteiger partial charge in [-0.05, 0) is 59.3 Å². The molecule has 2 saturated carbocycles. The zero-order chi connectivity index (χ0) is 18.0. The summed E-state index contributed by atoms with van der Waals surface area (Å²) in [4.78, 5) is 24.8. The number of carbonyl (C=O) groups is 2. The van der Waals surface area contributed by atoms with Crippen molar-refractivity contribution >= 4 is 12.1 Å². The molecule has 0 radical (unpaired) electrons. The molecule has 24 heavy (non-hydrogen) atoms. The van der Waals surface area contributed by atoms with Gasteiger partial charge < -0.3 is 20.9 Å². The van der Waals surface area contributed by atoms with Crippen LogP contribution < -0.4 is 11.1 Å². The third-order valence-corrected chi connectivity index (χ3v) is 5.66. The number of nitrogens with one attached hydrogen (secondary N) is 1. The van der Waals surface area contributed by atoms with E-state index in [1.54, 1.807) is 0 Å². The Labute approximate surface area is 144 Å². The quantitative estimate of drug-likeness (QED) is 0.732. The molecular formula is C18H32N2O4. The number of alkyl carbamates (subject to hydrolysis) is 1. The predicted octanol–water partition coefficient (Wildman–Crippen LogP) is 3.19. The van der Waals surface area contributed by atoms with Crippen molar-refractivity contribution in [1.29, 1.82) is 0 Å². The number of amides is 1. The lowest BCUT2D eigenvalue weighted by atomic mass is 9.56. The molecule has 0 aromatic heterocycles. The van der Waals surface area contributed by atoms with Gasteiger partial charge in [0.15, 0.2) is 0 Å². The number of hydrogen-bond acceptors (Lipinski definition) is 4. The van der Waals surface area contributed by atoms with Crippen molar-refractivity contribution in [1.82, 2.24) is 5.32 Å². The third kappa shape index (κ3) is 3.85. The van der Waals surface area contributed by atoms with Gasteiger partial charge in [-0.15, -0.1) is 0 Å². The van der Waals surface area contributed by atoms with Crippen LogP contribution in [0.25, 0.3) is 0 Å². The van der Waals surface area contributed by atoms with E-state index in [0.29, 0.717) is 38.5 Å². The van der Waals surface area contributed by atoms with E-state index in [0.717, 1.165) is 19.3 Å². The van der Waals surface area contributed by atoms with Crippen molar-refractivity contribution in [3.05, 3.63) is 0 Å². The Morgan fingerprint density at radius 3 is 2.08 bits per heavy atom. The average molecular weight is 340 g/mol.